The van der Waals surface area contributed by atoms with E-state index in [9.17, 15) is 4.21 Å². The molecule has 2 rings (SSSR count). The molecule has 0 saturated carbocycles. The fourth-order valence-corrected chi connectivity index (χ4v) is 3.48. The standard InChI is InChI=1S/C12H21N3OS/c1-10(2)15-9-13-7-12(15)8-14-11-3-5-17(16)6-4-11/h7,9-11,14H,3-6,8H2,1-2H3. The summed E-state index contributed by atoms with van der Waals surface area (Å²) in [5.41, 5.74) is 1.23. The van der Waals surface area contributed by atoms with Crippen LogP contribution in [0, 0.1) is 0 Å². The van der Waals surface area contributed by atoms with Gasteiger partial charge in [-0.2, -0.15) is 0 Å². The van der Waals surface area contributed by atoms with Crippen LogP contribution in [0.1, 0.15) is 38.4 Å². The van der Waals surface area contributed by atoms with Crippen LogP contribution in [0.15, 0.2) is 12.5 Å². The molecule has 0 aliphatic carbocycles. The third-order valence-electron chi connectivity index (χ3n) is 3.26. The van der Waals surface area contributed by atoms with Gasteiger partial charge in [-0.3, -0.25) is 4.21 Å². The fraction of sp³-hybridized carbons (Fsp3) is 0.750. The lowest BCUT2D eigenvalue weighted by atomic mass is 10.1. The van der Waals surface area contributed by atoms with Crippen LogP contribution in [0.4, 0.5) is 0 Å². The van der Waals surface area contributed by atoms with Gasteiger partial charge in [-0.15, -0.1) is 0 Å². The Morgan fingerprint density at radius 1 is 1.53 bits per heavy atom. The summed E-state index contributed by atoms with van der Waals surface area (Å²) in [5.74, 6) is 1.70. The van der Waals surface area contributed by atoms with Crippen molar-refractivity contribution < 1.29 is 4.21 Å². The summed E-state index contributed by atoms with van der Waals surface area (Å²) >= 11 is 0. The predicted molar refractivity (Wildman–Crippen MR) is 70.4 cm³/mol. The summed E-state index contributed by atoms with van der Waals surface area (Å²) in [5, 5.41) is 3.54. The van der Waals surface area contributed by atoms with Gasteiger partial charge in [0.2, 0.25) is 0 Å². The zero-order valence-corrected chi connectivity index (χ0v) is 11.4. The lowest BCUT2D eigenvalue weighted by Crippen LogP contribution is -2.35. The van der Waals surface area contributed by atoms with E-state index in [1.165, 1.54) is 5.69 Å². The number of imidazole rings is 1. The van der Waals surface area contributed by atoms with Crippen LogP contribution in [-0.4, -0.2) is 31.3 Å². The SMILES string of the molecule is CC(C)n1cncc1CNC1CCS(=O)CC1. The van der Waals surface area contributed by atoms with Gasteiger partial charge in [0.25, 0.3) is 0 Å². The molecular formula is C12H21N3OS. The average Bonchev–Trinajstić information content (AvgIpc) is 2.76. The summed E-state index contributed by atoms with van der Waals surface area (Å²) in [6.07, 6.45) is 5.87. The normalized spacial score (nSPS) is 25.4. The lowest BCUT2D eigenvalue weighted by molar-refractivity contribution is 0.458. The Kier molecular flexibility index (Phi) is 4.34. The van der Waals surface area contributed by atoms with Crippen molar-refractivity contribution in [2.75, 3.05) is 11.5 Å². The Hall–Kier alpha value is -0.680. The third-order valence-corrected chi connectivity index (χ3v) is 4.64. The number of hydrogen-bond donors (Lipinski definition) is 1. The first-order chi connectivity index (χ1) is 8.16. The fourth-order valence-electron chi connectivity index (χ4n) is 2.18. The number of nitrogens with zero attached hydrogens (tertiary/aromatic N) is 2. The molecule has 5 heteroatoms. The van der Waals surface area contributed by atoms with E-state index in [2.05, 4.69) is 28.7 Å². The quantitative estimate of drug-likeness (QED) is 0.886. The van der Waals surface area contributed by atoms with E-state index in [0.29, 0.717) is 12.1 Å². The monoisotopic (exact) mass is 255 g/mol. The molecule has 1 fully saturated rings. The lowest BCUT2D eigenvalue weighted by Gasteiger charge is -2.23. The van der Waals surface area contributed by atoms with Gasteiger partial charge in [0.1, 0.15) is 0 Å². The van der Waals surface area contributed by atoms with E-state index < -0.39 is 10.8 Å². The molecule has 0 aromatic carbocycles. The van der Waals surface area contributed by atoms with E-state index in [1.54, 1.807) is 0 Å². The number of nitrogens with one attached hydrogen (secondary N) is 1. The first kappa shape index (κ1) is 12.8. The van der Waals surface area contributed by atoms with Gasteiger partial charge in [0.15, 0.2) is 0 Å². The Bertz CT molecular complexity index is 379. The summed E-state index contributed by atoms with van der Waals surface area (Å²) in [7, 11) is -0.570. The maximum absolute atomic E-state index is 11.3. The number of rotatable bonds is 4. The van der Waals surface area contributed by atoms with Gasteiger partial charge < -0.3 is 9.88 Å². The van der Waals surface area contributed by atoms with Crippen LogP contribution < -0.4 is 5.32 Å². The Balaban J connectivity index is 1.85. The Morgan fingerprint density at radius 3 is 2.88 bits per heavy atom. The van der Waals surface area contributed by atoms with Crippen molar-refractivity contribution in [3.8, 4) is 0 Å². The van der Waals surface area contributed by atoms with Crippen LogP contribution in [0.25, 0.3) is 0 Å². The van der Waals surface area contributed by atoms with Crippen LogP contribution in [0.2, 0.25) is 0 Å². The van der Waals surface area contributed by atoms with Crippen molar-refractivity contribution in [3.05, 3.63) is 18.2 Å². The molecule has 1 aliphatic heterocycles. The smallest absolute Gasteiger partial charge is 0.0951 e. The van der Waals surface area contributed by atoms with Gasteiger partial charge in [-0.1, -0.05) is 0 Å². The minimum Gasteiger partial charge on any atom is -0.331 e. The van der Waals surface area contributed by atoms with Gasteiger partial charge >= 0.3 is 0 Å². The van der Waals surface area contributed by atoms with Gasteiger partial charge in [0.05, 0.1) is 12.0 Å². The number of hydrogen-bond acceptors (Lipinski definition) is 3. The molecule has 0 spiro atoms. The zero-order valence-electron chi connectivity index (χ0n) is 10.6. The van der Waals surface area contributed by atoms with Crippen molar-refractivity contribution in [2.24, 2.45) is 0 Å². The van der Waals surface area contributed by atoms with Crippen LogP contribution in [0.5, 0.6) is 0 Å². The largest absolute Gasteiger partial charge is 0.331 e. The summed E-state index contributed by atoms with van der Waals surface area (Å²) in [6.45, 7) is 5.18. The molecule has 0 atom stereocenters. The molecule has 1 aromatic heterocycles. The molecule has 96 valence electrons. The summed E-state index contributed by atoms with van der Waals surface area (Å²) in [4.78, 5) is 4.19. The molecule has 1 aromatic rings. The summed E-state index contributed by atoms with van der Waals surface area (Å²) in [6, 6.07) is 0.969. The minimum absolute atomic E-state index is 0.452. The maximum Gasteiger partial charge on any atom is 0.0951 e. The molecule has 4 nitrogen and oxygen atoms in total. The van der Waals surface area contributed by atoms with Crippen molar-refractivity contribution >= 4 is 10.8 Å². The molecule has 0 radical (unpaired) electrons. The Labute approximate surface area is 105 Å². The third kappa shape index (κ3) is 3.39. The van der Waals surface area contributed by atoms with E-state index in [-0.39, 0.29) is 0 Å². The van der Waals surface area contributed by atoms with Crippen molar-refractivity contribution in [3.63, 3.8) is 0 Å². The maximum atomic E-state index is 11.3. The highest BCUT2D eigenvalue weighted by atomic mass is 32.2. The molecule has 0 amide bonds. The second kappa shape index (κ2) is 5.78. The highest BCUT2D eigenvalue weighted by molar-refractivity contribution is 7.85. The molecule has 1 N–H and O–H groups in total. The zero-order chi connectivity index (χ0) is 12.3. The highest BCUT2D eigenvalue weighted by Crippen LogP contribution is 2.12. The summed E-state index contributed by atoms with van der Waals surface area (Å²) < 4.78 is 13.4. The topological polar surface area (TPSA) is 46.9 Å². The first-order valence-corrected chi connectivity index (χ1v) is 7.74. The van der Waals surface area contributed by atoms with Crippen LogP contribution >= 0.6 is 0 Å². The van der Waals surface area contributed by atoms with Gasteiger partial charge in [-0.05, 0) is 26.7 Å². The molecule has 0 unspecified atom stereocenters. The molecule has 1 saturated heterocycles. The van der Waals surface area contributed by atoms with Crippen LogP contribution in [0.3, 0.4) is 0 Å². The Morgan fingerprint density at radius 2 is 2.24 bits per heavy atom. The average molecular weight is 255 g/mol. The van der Waals surface area contributed by atoms with Gasteiger partial charge in [-0.25, -0.2) is 4.98 Å². The molecule has 17 heavy (non-hydrogen) atoms. The number of aromatic nitrogens is 2. The van der Waals surface area contributed by atoms with Gasteiger partial charge in [0, 0.05) is 47.1 Å². The van der Waals surface area contributed by atoms with E-state index in [0.717, 1.165) is 30.9 Å². The van der Waals surface area contributed by atoms with Crippen molar-refractivity contribution in [1.29, 1.82) is 0 Å². The van der Waals surface area contributed by atoms with Crippen LogP contribution in [-0.2, 0) is 17.3 Å². The molecule has 2 heterocycles. The molecular weight excluding hydrogens is 234 g/mol. The predicted octanol–water partition coefficient (Wildman–Crippen LogP) is 1.46. The van der Waals surface area contributed by atoms with E-state index in [1.807, 2.05) is 12.5 Å². The molecule has 1 aliphatic rings. The second-order valence-corrected chi connectivity index (χ2v) is 6.59. The second-order valence-electron chi connectivity index (χ2n) is 4.89. The van der Waals surface area contributed by atoms with E-state index >= 15 is 0 Å². The highest BCUT2D eigenvalue weighted by Gasteiger charge is 2.17. The molecule has 0 bridgehead atoms. The van der Waals surface area contributed by atoms with Crippen molar-refractivity contribution in [1.82, 2.24) is 14.9 Å². The minimum atomic E-state index is -0.570. The van der Waals surface area contributed by atoms with Crippen molar-refractivity contribution in [2.45, 2.75) is 45.3 Å². The van der Waals surface area contributed by atoms with E-state index in [4.69, 9.17) is 0 Å². The first-order valence-electron chi connectivity index (χ1n) is 6.26.